The van der Waals surface area contributed by atoms with E-state index in [4.69, 9.17) is 9.47 Å². The summed E-state index contributed by atoms with van der Waals surface area (Å²) in [6.45, 7) is 8.41. The molecule has 1 aromatic carbocycles. The zero-order chi connectivity index (χ0) is 21.5. The third-order valence-electron chi connectivity index (χ3n) is 4.88. The minimum atomic E-state index is -0.403. The van der Waals surface area contributed by atoms with Crippen molar-refractivity contribution < 1.29 is 19.1 Å². The summed E-state index contributed by atoms with van der Waals surface area (Å²) in [5.74, 6) is 0.340. The lowest BCUT2D eigenvalue weighted by Gasteiger charge is -2.34. The SMILES string of the molecule is CCOC(=O)c1sc(NC(=O)CN2CCN(Cc3cccc(OC)c3)CC2)nc1C. The molecule has 8 nitrogen and oxygen atoms in total. The molecule has 1 aliphatic heterocycles. The summed E-state index contributed by atoms with van der Waals surface area (Å²) in [5.41, 5.74) is 1.79. The van der Waals surface area contributed by atoms with Crippen molar-refractivity contribution in [2.45, 2.75) is 20.4 Å². The van der Waals surface area contributed by atoms with Gasteiger partial charge in [-0.15, -0.1) is 0 Å². The van der Waals surface area contributed by atoms with Gasteiger partial charge in [0.15, 0.2) is 5.13 Å². The van der Waals surface area contributed by atoms with E-state index in [0.29, 0.717) is 28.9 Å². The number of rotatable bonds is 8. The molecular weight excluding hydrogens is 404 g/mol. The largest absolute Gasteiger partial charge is 0.497 e. The number of esters is 1. The van der Waals surface area contributed by atoms with Gasteiger partial charge in [0, 0.05) is 32.7 Å². The fourth-order valence-electron chi connectivity index (χ4n) is 3.33. The molecule has 0 spiro atoms. The molecule has 1 saturated heterocycles. The van der Waals surface area contributed by atoms with Crippen molar-refractivity contribution in [1.29, 1.82) is 0 Å². The number of benzene rings is 1. The molecule has 9 heteroatoms. The number of methoxy groups -OCH3 is 1. The van der Waals surface area contributed by atoms with Crippen LogP contribution in [-0.4, -0.2) is 73.1 Å². The topological polar surface area (TPSA) is 84.0 Å². The van der Waals surface area contributed by atoms with E-state index in [9.17, 15) is 9.59 Å². The molecule has 1 amide bonds. The smallest absolute Gasteiger partial charge is 0.350 e. The molecule has 162 valence electrons. The molecule has 3 rings (SSSR count). The average molecular weight is 433 g/mol. The Labute approximate surface area is 180 Å². The molecule has 1 aliphatic rings. The van der Waals surface area contributed by atoms with Crippen LogP contribution in [0.15, 0.2) is 24.3 Å². The number of anilines is 1. The van der Waals surface area contributed by atoms with Gasteiger partial charge >= 0.3 is 5.97 Å². The first-order valence-electron chi connectivity index (χ1n) is 10.0. The Bertz CT molecular complexity index is 878. The fourth-order valence-corrected chi connectivity index (χ4v) is 4.21. The maximum absolute atomic E-state index is 12.4. The van der Waals surface area contributed by atoms with Gasteiger partial charge in [0.05, 0.1) is 26.0 Å². The molecule has 1 fully saturated rings. The molecule has 1 aromatic heterocycles. The Morgan fingerprint density at radius 1 is 1.20 bits per heavy atom. The number of amides is 1. The van der Waals surface area contributed by atoms with Crippen molar-refractivity contribution in [1.82, 2.24) is 14.8 Å². The zero-order valence-corrected chi connectivity index (χ0v) is 18.5. The molecule has 0 bridgehead atoms. The number of hydrogen-bond donors (Lipinski definition) is 1. The number of aromatic nitrogens is 1. The lowest BCUT2D eigenvalue weighted by atomic mass is 10.2. The van der Waals surface area contributed by atoms with Gasteiger partial charge in [-0.25, -0.2) is 9.78 Å². The molecule has 30 heavy (non-hydrogen) atoms. The number of ether oxygens (including phenoxy) is 2. The van der Waals surface area contributed by atoms with Crippen LogP contribution in [0.3, 0.4) is 0 Å². The number of piperazine rings is 1. The maximum Gasteiger partial charge on any atom is 0.350 e. The molecule has 1 N–H and O–H groups in total. The third-order valence-corrected chi connectivity index (χ3v) is 5.93. The second kappa shape index (κ2) is 10.5. The van der Waals surface area contributed by atoms with Crippen LogP contribution in [0.25, 0.3) is 0 Å². The number of carbonyl (C=O) groups is 2. The Hall–Kier alpha value is -2.49. The monoisotopic (exact) mass is 432 g/mol. The van der Waals surface area contributed by atoms with Crippen LogP contribution in [0.2, 0.25) is 0 Å². The standard InChI is InChI=1S/C21H28N4O4S/c1-4-29-20(27)19-15(2)22-21(30-19)23-18(26)14-25-10-8-24(9-11-25)13-16-6-5-7-17(12-16)28-3/h5-7,12H,4,8-11,13-14H2,1-3H3,(H,22,23,26). The van der Waals surface area contributed by atoms with Gasteiger partial charge < -0.3 is 14.8 Å². The molecule has 2 heterocycles. The van der Waals surface area contributed by atoms with Gasteiger partial charge in [-0.3, -0.25) is 14.6 Å². The number of nitrogens with one attached hydrogen (secondary N) is 1. The molecule has 0 unspecified atom stereocenters. The quantitative estimate of drug-likeness (QED) is 0.641. The summed E-state index contributed by atoms with van der Waals surface area (Å²) in [5, 5.41) is 3.23. The molecule has 0 atom stereocenters. The van der Waals surface area contributed by atoms with E-state index in [1.54, 1.807) is 21.0 Å². The Morgan fingerprint density at radius 3 is 2.63 bits per heavy atom. The zero-order valence-electron chi connectivity index (χ0n) is 17.6. The predicted molar refractivity (Wildman–Crippen MR) is 116 cm³/mol. The summed E-state index contributed by atoms with van der Waals surface area (Å²) in [6, 6.07) is 8.10. The van der Waals surface area contributed by atoms with Gasteiger partial charge in [-0.05, 0) is 31.5 Å². The van der Waals surface area contributed by atoms with Crippen LogP contribution < -0.4 is 10.1 Å². The van der Waals surface area contributed by atoms with Crippen molar-refractivity contribution >= 4 is 28.3 Å². The van der Waals surface area contributed by atoms with Crippen LogP contribution in [0, 0.1) is 6.92 Å². The van der Waals surface area contributed by atoms with Gasteiger partial charge in [-0.2, -0.15) is 0 Å². The summed E-state index contributed by atoms with van der Waals surface area (Å²) in [4.78, 5) is 33.5. The Kier molecular flexibility index (Phi) is 7.78. The first kappa shape index (κ1) is 22.2. The second-order valence-electron chi connectivity index (χ2n) is 7.11. The average Bonchev–Trinajstić information content (AvgIpc) is 3.09. The minimum Gasteiger partial charge on any atom is -0.497 e. The third kappa shape index (κ3) is 6.01. The number of thiazole rings is 1. The van der Waals surface area contributed by atoms with E-state index < -0.39 is 5.97 Å². The number of nitrogens with zero attached hydrogens (tertiary/aromatic N) is 3. The maximum atomic E-state index is 12.4. The highest BCUT2D eigenvalue weighted by molar-refractivity contribution is 7.17. The van der Waals surface area contributed by atoms with E-state index in [-0.39, 0.29) is 5.91 Å². The van der Waals surface area contributed by atoms with E-state index in [2.05, 4.69) is 32.2 Å². The highest BCUT2D eigenvalue weighted by atomic mass is 32.1. The summed E-state index contributed by atoms with van der Waals surface area (Å²) in [6.07, 6.45) is 0. The molecular formula is C21H28N4O4S. The van der Waals surface area contributed by atoms with E-state index in [0.717, 1.165) is 49.8 Å². The Morgan fingerprint density at radius 2 is 1.93 bits per heavy atom. The van der Waals surface area contributed by atoms with Crippen molar-refractivity contribution in [3.05, 3.63) is 40.4 Å². The van der Waals surface area contributed by atoms with E-state index >= 15 is 0 Å². The molecule has 2 aromatic rings. The summed E-state index contributed by atoms with van der Waals surface area (Å²) in [7, 11) is 1.67. The minimum absolute atomic E-state index is 0.125. The van der Waals surface area contributed by atoms with E-state index in [1.165, 1.54) is 5.56 Å². The van der Waals surface area contributed by atoms with Crippen LogP contribution in [0.1, 0.15) is 27.9 Å². The predicted octanol–water partition coefficient (Wildman–Crippen LogP) is 2.39. The number of aryl methyl sites for hydroxylation is 1. The first-order valence-corrected chi connectivity index (χ1v) is 10.8. The van der Waals surface area contributed by atoms with Crippen molar-refractivity contribution in [2.75, 3.05) is 51.8 Å². The number of carbonyl (C=O) groups excluding carboxylic acids is 2. The van der Waals surface area contributed by atoms with Crippen LogP contribution >= 0.6 is 11.3 Å². The van der Waals surface area contributed by atoms with Gasteiger partial charge in [0.1, 0.15) is 10.6 Å². The highest BCUT2D eigenvalue weighted by Gasteiger charge is 2.21. The normalized spacial score (nSPS) is 15.0. The molecule has 0 aliphatic carbocycles. The molecule has 0 saturated carbocycles. The second-order valence-corrected chi connectivity index (χ2v) is 8.11. The number of hydrogen-bond acceptors (Lipinski definition) is 8. The lowest BCUT2D eigenvalue weighted by Crippen LogP contribution is -2.48. The van der Waals surface area contributed by atoms with Gasteiger partial charge in [-0.1, -0.05) is 23.5 Å². The van der Waals surface area contributed by atoms with E-state index in [1.807, 2.05) is 12.1 Å². The van der Waals surface area contributed by atoms with Crippen molar-refractivity contribution in [3.63, 3.8) is 0 Å². The summed E-state index contributed by atoms with van der Waals surface area (Å²) < 4.78 is 10.3. The van der Waals surface area contributed by atoms with Crippen LogP contribution in [-0.2, 0) is 16.1 Å². The summed E-state index contributed by atoms with van der Waals surface area (Å²) >= 11 is 1.15. The van der Waals surface area contributed by atoms with Gasteiger partial charge in [0.2, 0.25) is 5.91 Å². The van der Waals surface area contributed by atoms with Crippen LogP contribution in [0.5, 0.6) is 5.75 Å². The Balaban J connectivity index is 1.45. The molecule has 0 radical (unpaired) electrons. The fraction of sp³-hybridized carbons (Fsp3) is 0.476. The van der Waals surface area contributed by atoms with Crippen molar-refractivity contribution in [2.24, 2.45) is 0 Å². The lowest BCUT2D eigenvalue weighted by molar-refractivity contribution is -0.117. The van der Waals surface area contributed by atoms with Gasteiger partial charge in [0.25, 0.3) is 0 Å². The highest BCUT2D eigenvalue weighted by Crippen LogP contribution is 2.23. The first-order chi connectivity index (χ1) is 14.5. The van der Waals surface area contributed by atoms with Crippen LogP contribution in [0.4, 0.5) is 5.13 Å². The van der Waals surface area contributed by atoms with Crippen molar-refractivity contribution in [3.8, 4) is 5.75 Å².